The lowest BCUT2D eigenvalue weighted by atomic mass is 9.81. The van der Waals surface area contributed by atoms with Crippen molar-refractivity contribution in [3.8, 4) is 5.75 Å². The molecular formula is C54H80N2O12. The number of aromatic nitrogens is 1. The lowest BCUT2D eigenvalue weighted by molar-refractivity contribution is -0.302. The number of hydrogen-bond acceptors (Lipinski definition) is 12. The molecule has 6 rings (SSSR count). The number of methoxy groups -OCH3 is 2. The van der Waals surface area contributed by atoms with Gasteiger partial charge in [0.15, 0.2) is 0 Å². The van der Waals surface area contributed by atoms with Gasteiger partial charge in [-0.15, -0.1) is 0 Å². The molecule has 0 radical (unpaired) electrons. The highest BCUT2D eigenvalue weighted by molar-refractivity contribution is 6.39. The zero-order valence-corrected chi connectivity index (χ0v) is 42.3. The molecule has 14 heteroatoms. The first kappa shape index (κ1) is 53.4. The summed E-state index contributed by atoms with van der Waals surface area (Å²) in [6.07, 6.45) is 6.80. The highest BCUT2D eigenvalue weighted by Gasteiger charge is 2.56. The molecule has 4 aliphatic rings. The van der Waals surface area contributed by atoms with Gasteiger partial charge in [-0.2, -0.15) is 0 Å². The van der Waals surface area contributed by atoms with Gasteiger partial charge in [-0.3, -0.25) is 14.4 Å². The Morgan fingerprint density at radius 2 is 1.65 bits per heavy atom. The Kier molecular flexibility index (Phi) is 18.7. The first-order valence-corrected chi connectivity index (χ1v) is 25.4. The topological polar surface area (TPSA) is 172 Å². The molecular weight excluding hydrogens is 869 g/mol. The highest BCUT2D eigenvalue weighted by atomic mass is 16.7. The number of ether oxygens (including phenoxy) is 6. The number of carbonyl (C=O) groups excluding carboxylic acids is 4. The predicted octanol–water partition coefficient (Wildman–Crippen LogP) is 7.92. The number of fused-ring (bicyclic) bond motifs is 4. The number of amides is 1. The van der Waals surface area contributed by atoms with Crippen LogP contribution in [0.5, 0.6) is 5.75 Å². The van der Waals surface area contributed by atoms with Crippen molar-refractivity contribution in [1.29, 1.82) is 0 Å². The Hall–Kier alpha value is -3.92. The van der Waals surface area contributed by atoms with Crippen LogP contribution in [0.2, 0.25) is 0 Å². The van der Waals surface area contributed by atoms with Crippen molar-refractivity contribution in [2.24, 2.45) is 29.6 Å². The molecule has 3 aliphatic heterocycles. The quantitative estimate of drug-likeness (QED) is 0.134. The molecule has 14 nitrogen and oxygen atoms in total. The van der Waals surface area contributed by atoms with Crippen LogP contribution in [0.1, 0.15) is 126 Å². The minimum absolute atomic E-state index is 0.0186. The Morgan fingerprint density at radius 1 is 0.912 bits per heavy atom. The van der Waals surface area contributed by atoms with Crippen LogP contribution in [-0.4, -0.2) is 125 Å². The van der Waals surface area contributed by atoms with Crippen molar-refractivity contribution in [2.75, 3.05) is 27.4 Å². The van der Waals surface area contributed by atoms with E-state index in [9.17, 15) is 29.4 Å². The minimum atomic E-state index is -2.51. The van der Waals surface area contributed by atoms with Gasteiger partial charge < -0.3 is 48.1 Å². The Bertz CT molecular complexity index is 2110. The maximum Gasteiger partial charge on any atom is 0.329 e. The summed E-state index contributed by atoms with van der Waals surface area (Å²) < 4.78 is 39.7. The van der Waals surface area contributed by atoms with E-state index in [1.54, 1.807) is 28.1 Å². The predicted molar refractivity (Wildman–Crippen MR) is 259 cm³/mol. The van der Waals surface area contributed by atoms with Crippen LogP contribution in [0, 0.1) is 29.6 Å². The standard InChI is InChI=1S/C54H80N2O12/c1-11-38-25-32(4)24-33(5)26-47(63-9)50-48(64-10)28-35(7)54(62,68-50)51(59)52(60)56-22-15-14-16-42(56)53(61)67-49(36(8)43(57)31-44(38)58)34(6)27-37-17-20-45(46(29-37)65-13-3)66-40-18-19-41-39(30-40)21-23-55(41)12-2/h18-19,21,23,25,27,30,33,35-38,42-43,45-50,57,62H,11-17,20,22,24,26,28-29,31H2,1-10H3. The number of Topliss-reactive ketones (excluding diaryl/α,β-unsaturated/α-hetero) is 2. The van der Waals surface area contributed by atoms with Gasteiger partial charge in [0.2, 0.25) is 5.79 Å². The molecule has 1 aromatic carbocycles. The summed E-state index contributed by atoms with van der Waals surface area (Å²) in [6, 6.07) is 7.13. The lowest BCUT2D eigenvalue weighted by Gasteiger charge is -2.47. The van der Waals surface area contributed by atoms with Gasteiger partial charge in [-0.1, -0.05) is 45.4 Å². The largest absolute Gasteiger partial charge is 0.488 e. The molecule has 14 unspecified atom stereocenters. The van der Waals surface area contributed by atoms with E-state index in [1.807, 2.05) is 39.8 Å². The summed E-state index contributed by atoms with van der Waals surface area (Å²) in [7, 11) is 3.08. The van der Waals surface area contributed by atoms with E-state index in [2.05, 4.69) is 48.9 Å². The van der Waals surface area contributed by atoms with E-state index in [0.717, 1.165) is 41.6 Å². The van der Waals surface area contributed by atoms with Crippen LogP contribution in [-0.2, 0) is 49.4 Å². The van der Waals surface area contributed by atoms with Gasteiger partial charge in [-0.25, -0.2) is 4.79 Å². The van der Waals surface area contributed by atoms with Gasteiger partial charge in [0.25, 0.3) is 11.7 Å². The molecule has 2 bridgehead atoms. The number of cyclic esters (lactones) is 1. The van der Waals surface area contributed by atoms with E-state index in [-0.39, 0.29) is 55.6 Å². The molecule has 1 amide bonds. The number of aryl methyl sites for hydroxylation is 1. The number of hydrogen-bond donors (Lipinski definition) is 2. The van der Waals surface area contributed by atoms with Crippen molar-refractivity contribution < 1.29 is 57.8 Å². The van der Waals surface area contributed by atoms with E-state index in [0.29, 0.717) is 50.7 Å². The Labute approximate surface area is 404 Å². The number of benzene rings is 1. The average molecular weight is 949 g/mol. The van der Waals surface area contributed by atoms with Crippen LogP contribution in [0.25, 0.3) is 10.9 Å². The number of ketones is 2. The zero-order valence-electron chi connectivity index (χ0n) is 42.3. The molecule has 1 aromatic heterocycles. The number of esters is 1. The fourth-order valence-electron chi connectivity index (χ4n) is 11.4. The highest BCUT2D eigenvalue weighted by Crippen LogP contribution is 2.40. The third-order valence-electron chi connectivity index (χ3n) is 15.3. The maximum atomic E-state index is 14.6. The average Bonchev–Trinajstić information content (AvgIpc) is 3.74. The molecule has 2 saturated heterocycles. The minimum Gasteiger partial charge on any atom is -0.488 e. The molecule has 4 heterocycles. The van der Waals surface area contributed by atoms with Gasteiger partial charge in [0.1, 0.15) is 35.9 Å². The number of allylic oxidation sites excluding steroid dienone is 3. The molecule has 2 N–H and O–H groups in total. The molecule has 3 fully saturated rings. The molecule has 2 aromatic rings. The van der Waals surface area contributed by atoms with Gasteiger partial charge >= 0.3 is 5.97 Å². The van der Waals surface area contributed by atoms with E-state index < -0.39 is 77.8 Å². The number of rotatable bonds is 10. The second-order valence-electron chi connectivity index (χ2n) is 20.3. The van der Waals surface area contributed by atoms with E-state index >= 15 is 0 Å². The summed E-state index contributed by atoms with van der Waals surface area (Å²) >= 11 is 0. The monoisotopic (exact) mass is 949 g/mol. The van der Waals surface area contributed by atoms with E-state index in [1.165, 1.54) is 4.90 Å². The molecule has 1 aliphatic carbocycles. The summed E-state index contributed by atoms with van der Waals surface area (Å²) in [4.78, 5) is 58.7. The van der Waals surface area contributed by atoms with Gasteiger partial charge in [-0.05, 0) is 134 Å². The number of carbonyl (C=O) groups is 4. The molecule has 68 heavy (non-hydrogen) atoms. The first-order valence-electron chi connectivity index (χ1n) is 25.4. The maximum absolute atomic E-state index is 14.6. The lowest BCUT2D eigenvalue weighted by Crippen LogP contribution is -2.64. The van der Waals surface area contributed by atoms with Crippen LogP contribution in [0.3, 0.4) is 0 Å². The van der Waals surface area contributed by atoms with Crippen LogP contribution >= 0.6 is 0 Å². The summed E-state index contributed by atoms with van der Waals surface area (Å²) in [6.45, 7) is 16.9. The van der Waals surface area contributed by atoms with Crippen molar-refractivity contribution in [3.63, 3.8) is 0 Å². The van der Waals surface area contributed by atoms with Crippen LogP contribution < -0.4 is 4.74 Å². The summed E-state index contributed by atoms with van der Waals surface area (Å²) in [5, 5.41) is 25.2. The fourth-order valence-corrected chi connectivity index (χ4v) is 11.4. The second kappa shape index (κ2) is 23.8. The van der Waals surface area contributed by atoms with E-state index in [4.69, 9.17) is 28.4 Å². The van der Waals surface area contributed by atoms with Crippen LogP contribution in [0.15, 0.2) is 53.8 Å². The Balaban J connectivity index is 1.30. The van der Waals surface area contributed by atoms with Crippen molar-refractivity contribution in [1.82, 2.24) is 9.47 Å². The number of aliphatic hydroxyl groups is 2. The number of aliphatic hydroxyl groups excluding tert-OH is 1. The third-order valence-corrected chi connectivity index (χ3v) is 15.3. The van der Waals surface area contributed by atoms with Crippen LogP contribution in [0.4, 0.5) is 0 Å². The van der Waals surface area contributed by atoms with Gasteiger partial charge in [0.05, 0.1) is 24.4 Å². The SMILES string of the molecule is CCOC1CC(C=C(C)C2OC(=O)C3CCCCN3C(=O)C(=O)C3(O)OC(C(OC)CC(C)CC(C)=CC(CC)C(=O)CC(O)C2C)C(OC)CC3C)CCC1Oc1ccc2c(ccn2CC)c1. The molecule has 1 saturated carbocycles. The summed E-state index contributed by atoms with van der Waals surface area (Å²) in [5.41, 5.74) is 2.86. The fraction of sp³-hybridized carbons (Fsp3) is 0.704. The van der Waals surface area contributed by atoms with Crippen molar-refractivity contribution >= 4 is 34.3 Å². The molecule has 378 valence electrons. The first-order chi connectivity index (χ1) is 32.5. The molecule has 14 atom stereocenters. The van der Waals surface area contributed by atoms with Crippen molar-refractivity contribution in [3.05, 3.63) is 53.8 Å². The summed E-state index contributed by atoms with van der Waals surface area (Å²) in [5.74, 6) is -6.68. The third kappa shape index (κ3) is 12.1. The van der Waals surface area contributed by atoms with Crippen molar-refractivity contribution in [2.45, 2.75) is 187 Å². The Morgan fingerprint density at radius 3 is 2.34 bits per heavy atom. The zero-order chi connectivity index (χ0) is 49.4. The second-order valence-corrected chi connectivity index (χ2v) is 20.3. The number of piperidine rings is 1. The number of nitrogens with zero attached hydrogens (tertiary/aromatic N) is 2. The molecule has 0 spiro atoms. The normalized spacial score (nSPS) is 35.6. The smallest absolute Gasteiger partial charge is 0.329 e. The van der Waals surface area contributed by atoms with Gasteiger partial charge in [0, 0.05) is 75.2 Å².